The first-order chi connectivity index (χ1) is 9.38. The van der Waals surface area contributed by atoms with Gasteiger partial charge in [0.25, 0.3) is 0 Å². The second-order valence-corrected chi connectivity index (χ2v) is 5.05. The van der Waals surface area contributed by atoms with Crippen LogP contribution in [-0.4, -0.2) is 13.2 Å². The van der Waals surface area contributed by atoms with Crippen molar-refractivity contribution in [2.24, 2.45) is 0 Å². The van der Waals surface area contributed by atoms with Crippen molar-refractivity contribution >= 4 is 0 Å². The molecule has 1 rings (SSSR count). The van der Waals surface area contributed by atoms with Crippen LogP contribution in [0.3, 0.4) is 0 Å². The molecule has 2 heteroatoms. The number of hydrogen-bond acceptors (Lipinski definition) is 2. The molecule has 1 aromatic rings. The summed E-state index contributed by atoms with van der Waals surface area (Å²) in [5, 5.41) is 3.47. The van der Waals surface area contributed by atoms with Crippen LogP contribution in [0.15, 0.2) is 24.3 Å². The van der Waals surface area contributed by atoms with Crippen LogP contribution < -0.4 is 10.1 Å². The Morgan fingerprint density at radius 1 is 0.947 bits per heavy atom. The summed E-state index contributed by atoms with van der Waals surface area (Å²) in [7, 11) is 0. The zero-order valence-corrected chi connectivity index (χ0v) is 12.6. The molecule has 0 amide bonds. The van der Waals surface area contributed by atoms with Gasteiger partial charge in [0.15, 0.2) is 0 Å². The highest BCUT2D eigenvalue weighted by atomic mass is 16.5. The fourth-order valence-electron chi connectivity index (χ4n) is 2.03. The Kier molecular flexibility index (Phi) is 9.17. The van der Waals surface area contributed by atoms with Gasteiger partial charge in [-0.15, -0.1) is 0 Å². The molecule has 0 aliphatic carbocycles. The van der Waals surface area contributed by atoms with E-state index in [1.54, 1.807) is 0 Å². The van der Waals surface area contributed by atoms with Crippen LogP contribution in [0.1, 0.15) is 57.9 Å². The van der Waals surface area contributed by atoms with Gasteiger partial charge in [-0.2, -0.15) is 0 Å². The molecule has 0 aromatic heterocycles. The van der Waals surface area contributed by atoms with Crippen LogP contribution in [0, 0.1) is 0 Å². The fraction of sp³-hybridized carbons (Fsp3) is 0.647. The second kappa shape index (κ2) is 10.9. The summed E-state index contributed by atoms with van der Waals surface area (Å²) >= 11 is 0. The molecule has 0 aliphatic rings. The Balaban J connectivity index is 2.31. The van der Waals surface area contributed by atoms with Crippen molar-refractivity contribution in [3.05, 3.63) is 29.8 Å². The van der Waals surface area contributed by atoms with E-state index in [4.69, 9.17) is 4.74 Å². The predicted molar refractivity (Wildman–Crippen MR) is 82.7 cm³/mol. The minimum atomic E-state index is 0.839. The first-order valence-electron chi connectivity index (χ1n) is 7.80. The molecule has 0 unspecified atom stereocenters. The van der Waals surface area contributed by atoms with Crippen LogP contribution in [-0.2, 0) is 6.54 Å². The highest BCUT2D eigenvalue weighted by Crippen LogP contribution is 2.18. The molecular weight excluding hydrogens is 234 g/mol. The molecule has 0 radical (unpaired) electrons. The maximum Gasteiger partial charge on any atom is 0.123 e. The Bertz CT molecular complexity index is 325. The van der Waals surface area contributed by atoms with Crippen molar-refractivity contribution in [2.75, 3.05) is 13.2 Å². The third-order valence-corrected chi connectivity index (χ3v) is 3.25. The molecule has 2 nitrogen and oxygen atoms in total. The van der Waals surface area contributed by atoms with Crippen LogP contribution in [0.5, 0.6) is 5.75 Å². The molecule has 0 atom stereocenters. The van der Waals surface area contributed by atoms with Crippen molar-refractivity contribution in [2.45, 2.75) is 58.9 Å². The second-order valence-electron chi connectivity index (χ2n) is 5.05. The van der Waals surface area contributed by atoms with Crippen molar-refractivity contribution in [3.63, 3.8) is 0 Å². The van der Waals surface area contributed by atoms with Crippen molar-refractivity contribution in [1.29, 1.82) is 0 Å². The summed E-state index contributed by atoms with van der Waals surface area (Å²) in [6, 6.07) is 8.37. The average Bonchev–Trinajstić information content (AvgIpc) is 2.45. The molecule has 0 fully saturated rings. The molecule has 0 saturated carbocycles. The van der Waals surface area contributed by atoms with E-state index in [1.807, 2.05) is 0 Å². The molecule has 1 aromatic carbocycles. The van der Waals surface area contributed by atoms with Gasteiger partial charge in [-0.25, -0.2) is 0 Å². The van der Waals surface area contributed by atoms with Crippen LogP contribution in [0.25, 0.3) is 0 Å². The zero-order valence-electron chi connectivity index (χ0n) is 12.6. The summed E-state index contributed by atoms with van der Waals surface area (Å²) in [5.74, 6) is 1.04. The van der Waals surface area contributed by atoms with Gasteiger partial charge in [0.05, 0.1) is 6.61 Å². The van der Waals surface area contributed by atoms with Gasteiger partial charge in [0.1, 0.15) is 5.75 Å². The Labute approximate surface area is 118 Å². The minimum absolute atomic E-state index is 0.839. The molecule has 0 spiro atoms. The number of para-hydroxylation sites is 1. The summed E-state index contributed by atoms with van der Waals surface area (Å²) in [5.41, 5.74) is 1.27. The van der Waals surface area contributed by atoms with Crippen molar-refractivity contribution < 1.29 is 4.74 Å². The van der Waals surface area contributed by atoms with Crippen molar-refractivity contribution in [3.8, 4) is 5.75 Å². The maximum absolute atomic E-state index is 5.90. The number of benzene rings is 1. The Hall–Kier alpha value is -1.02. The SMILES string of the molecule is CCCCCCOc1ccccc1CNCCCC. The fourth-order valence-corrected chi connectivity index (χ4v) is 2.03. The van der Waals surface area contributed by atoms with E-state index >= 15 is 0 Å². The lowest BCUT2D eigenvalue weighted by Crippen LogP contribution is -2.15. The highest BCUT2D eigenvalue weighted by Gasteiger charge is 2.02. The van der Waals surface area contributed by atoms with Gasteiger partial charge in [0.2, 0.25) is 0 Å². The third kappa shape index (κ3) is 7.22. The van der Waals surface area contributed by atoms with Crippen LogP contribution in [0.4, 0.5) is 0 Å². The van der Waals surface area contributed by atoms with Crippen LogP contribution in [0.2, 0.25) is 0 Å². The van der Waals surface area contributed by atoms with Gasteiger partial charge in [-0.3, -0.25) is 0 Å². The summed E-state index contributed by atoms with van der Waals surface area (Å²) in [6.07, 6.45) is 7.49. The number of nitrogens with one attached hydrogen (secondary N) is 1. The van der Waals surface area contributed by atoms with Crippen molar-refractivity contribution in [1.82, 2.24) is 5.32 Å². The zero-order chi connectivity index (χ0) is 13.8. The first kappa shape index (κ1) is 16.0. The lowest BCUT2D eigenvalue weighted by Gasteiger charge is -2.12. The van der Waals surface area contributed by atoms with E-state index in [9.17, 15) is 0 Å². The predicted octanol–water partition coefficient (Wildman–Crippen LogP) is 4.54. The molecule has 0 bridgehead atoms. The molecule has 0 aliphatic heterocycles. The standard InChI is InChI=1S/C17H29NO/c1-3-5-7-10-14-19-17-12-9-8-11-16(17)15-18-13-6-4-2/h8-9,11-12,18H,3-7,10,13-15H2,1-2H3. The maximum atomic E-state index is 5.90. The topological polar surface area (TPSA) is 21.3 Å². The van der Waals surface area contributed by atoms with E-state index in [0.717, 1.165) is 31.9 Å². The molecule has 0 saturated heterocycles. The van der Waals surface area contributed by atoms with E-state index in [0.29, 0.717) is 0 Å². The number of ether oxygens (including phenoxy) is 1. The van der Waals surface area contributed by atoms with Gasteiger partial charge >= 0.3 is 0 Å². The number of unbranched alkanes of at least 4 members (excludes halogenated alkanes) is 4. The monoisotopic (exact) mass is 263 g/mol. The number of hydrogen-bond donors (Lipinski definition) is 1. The normalized spacial score (nSPS) is 10.6. The molecule has 0 heterocycles. The van der Waals surface area contributed by atoms with E-state index < -0.39 is 0 Å². The van der Waals surface area contributed by atoms with Crippen LogP contribution >= 0.6 is 0 Å². The van der Waals surface area contributed by atoms with Gasteiger partial charge < -0.3 is 10.1 Å². The molecule has 19 heavy (non-hydrogen) atoms. The Morgan fingerprint density at radius 2 is 1.74 bits per heavy atom. The largest absolute Gasteiger partial charge is 0.493 e. The average molecular weight is 263 g/mol. The highest BCUT2D eigenvalue weighted by molar-refractivity contribution is 5.33. The van der Waals surface area contributed by atoms with E-state index in [2.05, 4.69) is 43.4 Å². The lowest BCUT2D eigenvalue weighted by molar-refractivity contribution is 0.301. The van der Waals surface area contributed by atoms with E-state index in [-0.39, 0.29) is 0 Å². The quantitative estimate of drug-likeness (QED) is 0.592. The Morgan fingerprint density at radius 3 is 2.53 bits per heavy atom. The molecule has 1 N–H and O–H groups in total. The smallest absolute Gasteiger partial charge is 0.123 e. The van der Waals surface area contributed by atoms with Gasteiger partial charge in [0, 0.05) is 12.1 Å². The summed E-state index contributed by atoms with van der Waals surface area (Å²) in [6.45, 7) is 7.28. The summed E-state index contributed by atoms with van der Waals surface area (Å²) < 4.78 is 5.90. The van der Waals surface area contributed by atoms with E-state index in [1.165, 1.54) is 37.7 Å². The first-order valence-corrected chi connectivity index (χ1v) is 7.80. The molecular formula is C17H29NO. The summed E-state index contributed by atoms with van der Waals surface area (Å²) in [4.78, 5) is 0. The van der Waals surface area contributed by atoms with Gasteiger partial charge in [-0.1, -0.05) is 57.7 Å². The third-order valence-electron chi connectivity index (χ3n) is 3.25. The molecule has 108 valence electrons. The minimum Gasteiger partial charge on any atom is -0.493 e. The number of rotatable bonds is 11. The van der Waals surface area contributed by atoms with Gasteiger partial charge in [-0.05, 0) is 25.5 Å². The lowest BCUT2D eigenvalue weighted by atomic mass is 10.2.